The number of hydrogen-bond acceptors (Lipinski definition) is 3. The maximum absolute atomic E-state index is 6.35. The van der Waals surface area contributed by atoms with Crippen molar-refractivity contribution in [2.45, 2.75) is 0 Å². The van der Waals surface area contributed by atoms with E-state index in [1.54, 1.807) is 0 Å². The molecule has 0 fully saturated rings. The molecule has 3 nitrogen and oxygen atoms in total. The Balaban J connectivity index is 1.09. The number of fused-ring (bicyclic) bond motifs is 6. The standard InChI is InChI=1S/C48H31NO2/c1-2-10-32(11-3-1)33-20-22-34(23-21-33)36-12-8-13-39(30-36)49(43-16-9-19-46-48(43)42-15-5-7-18-45(42)50-46)38-27-24-35(25-28-38)37-26-29-41-40-14-4-6-17-44(40)51-47(41)31-37/h1-31H. The van der Waals surface area contributed by atoms with Crippen LogP contribution in [0.5, 0.6) is 0 Å². The highest BCUT2D eigenvalue weighted by atomic mass is 16.3. The molecule has 0 bridgehead atoms. The minimum atomic E-state index is 0.863. The molecule has 0 saturated carbocycles. The summed E-state index contributed by atoms with van der Waals surface area (Å²) < 4.78 is 12.6. The van der Waals surface area contributed by atoms with Crippen LogP contribution in [0.15, 0.2) is 197 Å². The average Bonchev–Trinajstić information content (AvgIpc) is 3.77. The molecular formula is C48H31NO2. The Morgan fingerprint density at radius 1 is 0.294 bits per heavy atom. The second-order valence-corrected chi connectivity index (χ2v) is 12.9. The van der Waals surface area contributed by atoms with Crippen molar-refractivity contribution in [2.75, 3.05) is 4.90 Å². The largest absolute Gasteiger partial charge is 0.456 e. The fourth-order valence-electron chi connectivity index (χ4n) is 7.39. The highest BCUT2D eigenvalue weighted by molar-refractivity contribution is 6.13. The van der Waals surface area contributed by atoms with E-state index >= 15 is 0 Å². The van der Waals surface area contributed by atoms with Gasteiger partial charge in [-0.05, 0) is 94.0 Å². The van der Waals surface area contributed by atoms with Gasteiger partial charge in [0.1, 0.15) is 22.3 Å². The van der Waals surface area contributed by atoms with Crippen molar-refractivity contribution in [1.29, 1.82) is 0 Å². The number of anilines is 3. The van der Waals surface area contributed by atoms with Crippen LogP contribution in [0.25, 0.3) is 77.3 Å². The van der Waals surface area contributed by atoms with E-state index in [4.69, 9.17) is 8.83 Å². The first-order chi connectivity index (χ1) is 25.3. The van der Waals surface area contributed by atoms with Crippen LogP contribution in [0.1, 0.15) is 0 Å². The van der Waals surface area contributed by atoms with Gasteiger partial charge in [0.15, 0.2) is 0 Å². The van der Waals surface area contributed by atoms with Gasteiger partial charge in [0, 0.05) is 27.5 Å². The normalized spacial score (nSPS) is 11.5. The van der Waals surface area contributed by atoms with Crippen molar-refractivity contribution >= 4 is 60.9 Å². The van der Waals surface area contributed by atoms with Gasteiger partial charge in [0.2, 0.25) is 0 Å². The maximum Gasteiger partial charge on any atom is 0.137 e. The lowest BCUT2D eigenvalue weighted by atomic mass is 9.99. The number of furan rings is 2. The highest BCUT2D eigenvalue weighted by Gasteiger charge is 2.20. The van der Waals surface area contributed by atoms with Gasteiger partial charge < -0.3 is 13.7 Å². The zero-order valence-electron chi connectivity index (χ0n) is 27.7. The molecule has 0 aliphatic rings. The summed E-state index contributed by atoms with van der Waals surface area (Å²) in [6.45, 7) is 0. The lowest BCUT2D eigenvalue weighted by molar-refractivity contribution is 0.668. The fourth-order valence-corrected chi connectivity index (χ4v) is 7.39. The molecule has 3 heteroatoms. The Morgan fingerprint density at radius 2 is 0.804 bits per heavy atom. The monoisotopic (exact) mass is 653 g/mol. The first-order valence-corrected chi connectivity index (χ1v) is 17.2. The van der Waals surface area contributed by atoms with Crippen molar-refractivity contribution < 1.29 is 8.83 Å². The van der Waals surface area contributed by atoms with Gasteiger partial charge in [0.05, 0.1) is 11.1 Å². The Hall–Kier alpha value is -6.84. The summed E-state index contributed by atoms with van der Waals surface area (Å²) >= 11 is 0. The number of rotatable bonds is 6. The van der Waals surface area contributed by atoms with Crippen LogP contribution in [0.4, 0.5) is 17.1 Å². The predicted molar refractivity (Wildman–Crippen MR) is 212 cm³/mol. The van der Waals surface area contributed by atoms with Crippen LogP contribution in [-0.4, -0.2) is 0 Å². The quantitative estimate of drug-likeness (QED) is 0.179. The molecule has 240 valence electrons. The molecule has 10 rings (SSSR count). The molecule has 2 aromatic heterocycles. The summed E-state index contributed by atoms with van der Waals surface area (Å²) in [6.07, 6.45) is 0. The lowest BCUT2D eigenvalue weighted by Gasteiger charge is -2.27. The molecule has 51 heavy (non-hydrogen) atoms. The Bertz CT molecular complexity index is 2840. The van der Waals surface area contributed by atoms with Gasteiger partial charge in [-0.2, -0.15) is 0 Å². The molecule has 10 aromatic rings. The van der Waals surface area contributed by atoms with Crippen LogP contribution < -0.4 is 4.90 Å². The predicted octanol–water partition coefficient (Wildman–Crippen LogP) is 14.0. The molecule has 0 N–H and O–H groups in total. The van der Waals surface area contributed by atoms with Gasteiger partial charge in [-0.1, -0.05) is 127 Å². The van der Waals surface area contributed by atoms with Crippen molar-refractivity contribution in [3.05, 3.63) is 188 Å². The third kappa shape index (κ3) is 5.06. The molecule has 0 atom stereocenters. The number of benzene rings is 8. The second kappa shape index (κ2) is 11.9. The van der Waals surface area contributed by atoms with Crippen molar-refractivity contribution in [1.82, 2.24) is 0 Å². The van der Waals surface area contributed by atoms with E-state index in [9.17, 15) is 0 Å². The van der Waals surface area contributed by atoms with Crippen molar-refractivity contribution in [3.8, 4) is 33.4 Å². The fraction of sp³-hybridized carbons (Fsp3) is 0. The van der Waals surface area contributed by atoms with E-state index in [2.05, 4.69) is 169 Å². The highest BCUT2D eigenvalue weighted by Crippen LogP contribution is 2.44. The second-order valence-electron chi connectivity index (χ2n) is 12.9. The summed E-state index contributed by atoms with van der Waals surface area (Å²) in [6, 6.07) is 66.3. The summed E-state index contributed by atoms with van der Waals surface area (Å²) in [5.74, 6) is 0. The molecule has 0 aliphatic carbocycles. The topological polar surface area (TPSA) is 29.5 Å². The Morgan fingerprint density at radius 3 is 1.59 bits per heavy atom. The molecular weight excluding hydrogens is 623 g/mol. The van der Waals surface area contributed by atoms with E-state index in [1.807, 2.05) is 24.3 Å². The van der Waals surface area contributed by atoms with Crippen LogP contribution in [0.2, 0.25) is 0 Å². The third-order valence-electron chi connectivity index (χ3n) is 9.89. The first kappa shape index (κ1) is 29.1. The number of nitrogens with zero attached hydrogens (tertiary/aromatic N) is 1. The average molecular weight is 654 g/mol. The zero-order valence-corrected chi connectivity index (χ0v) is 27.7. The zero-order chi connectivity index (χ0) is 33.7. The molecule has 0 amide bonds. The number of para-hydroxylation sites is 2. The molecule has 0 saturated heterocycles. The SMILES string of the molecule is c1ccc(-c2ccc(-c3cccc(N(c4ccc(-c5ccc6c(c5)oc5ccccc56)cc4)c4cccc5oc6ccccc6c45)c3)cc2)cc1. The molecule has 2 heterocycles. The lowest BCUT2D eigenvalue weighted by Crippen LogP contribution is -2.10. The van der Waals surface area contributed by atoms with Gasteiger partial charge >= 0.3 is 0 Å². The Kier molecular flexibility index (Phi) is 6.81. The van der Waals surface area contributed by atoms with Crippen molar-refractivity contribution in [3.63, 3.8) is 0 Å². The van der Waals surface area contributed by atoms with E-state index in [0.29, 0.717) is 0 Å². The first-order valence-electron chi connectivity index (χ1n) is 17.2. The minimum Gasteiger partial charge on any atom is -0.456 e. The van der Waals surface area contributed by atoms with Crippen LogP contribution in [0.3, 0.4) is 0 Å². The molecule has 0 unspecified atom stereocenters. The summed E-state index contributed by atoms with van der Waals surface area (Å²) in [5.41, 5.74) is 13.7. The van der Waals surface area contributed by atoms with E-state index in [-0.39, 0.29) is 0 Å². The third-order valence-corrected chi connectivity index (χ3v) is 9.89. The molecule has 0 radical (unpaired) electrons. The molecule has 0 spiro atoms. The summed E-state index contributed by atoms with van der Waals surface area (Å²) in [7, 11) is 0. The van der Waals surface area contributed by atoms with Gasteiger partial charge in [-0.15, -0.1) is 0 Å². The van der Waals surface area contributed by atoms with E-state index < -0.39 is 0 Å². The van der Waals surface area contributed by atoms with Gasteiger partial charge in [-0.3, -0.25) is 0 Å². The van der Waals surface area contributed by atoms with Crippen LogP contribution in [0, 0.1) is 0 Å². The Labute approximate surface area is 295 Å². The van der Waals surface area contributed by atoms with E-state index in [1.165, 1.54) is 16.7 Å². The van der Waals surface area contributed by atoms with Gasteiger partial charge in [-0.25, -0.2) is 0 Å². The minimum absolute atomic E-state index is 0.863. The smallest absolute Gasteiger partial charge is 0.137 e. The molecule has 8 aromatic carbocycles. The van der Waals surface area contributed by atoms with Crippen LogP contribution >= 0.6 is 0 Å². The van der Waals surface area contributed by atoms with Crippen LogP contribution in [-0.2, 0) is 0 Å². The van der Waals surface area contributed by atoms with Crippen molar-refractivity contribution in [2.24, 2.45) is 0 Å². The number of hydrogen-bond donors (Lipinski definition) is 0. The van der Waals surface area contributed by atoms with E-state index in [0.717, 1.165) is 77.6 Å². The molecule has 0 aliphatic heterocycles. The summed E-state index contributed by atoms with van der Waals surface area (Å²) in [4.78, 5) is 2.35. The van der Waals surface area contributed by atoms with Gasteiger partial charge in [0.25, 0.3) is 0 Å². The summed E-state index contributed by atoms with van der Waals surface area (Å²) in [5, 5.41) is 4.45. The maximum atomic E-state index is 6.35.